The number of halogens is 2. The molecule has 1 saturated heterocycles. The van der Waals surface area contributed by atoms with Gasteiger partial charge in [0.25, 0.3) is 0 Å². The standard InChI is InChI=1S/C12H14BrClN2O/c13-11-9(14)5-4-6-10(11)15-12(17)16-7-2-1-3-8-16/h4-6H,1-3,7-8H2,(H,15,17). The second kappa shape index (κ2) is 5.74. The van der Waals surface area contributed by atoms with Gasteiger partial charge in [-0.15, -0.1) is 0 Å². The van der Waals surface area contributed by atoms with Crippen LogP contribution in [0.2, 0.25) is 5.02 Å². The Morgan fingerprint density at radius 2 is 2.00 bits per heavy atom. The number of carbonyl (C=O) groups excluding carboxylic acids is 1. The van der Waals surface area contributed by atoms with Crippen LogP contribution in [0.15, 0.2) is 22.7 Å². The molecule has 1 fully saturated rings. The number of benzene rings is 1. The fourth-order valence-corrected chi connectivity index (χ4v) is 2.43. The van der Waals surface area contributed by atoms with E-state index in [-0.39, 0.29) is 6.03 Å². The molecule has 0 aliphatic carbocycles. The minimum Gasteiger partial charge on any atom is -0.325 e. The molecule has 1 N–H and O–H groups in total. The summed E-state index contributed by atoms with van der Waals surface area (Å²) < 4.78 is 0.729. The first-order chi connectivity index (χ1) is 8.18. The van der Waals surface area contributed by atoms with Gasteiger partial charge >= 0.3 is 6.03 Å². The molecule has 1 aliphatic heterocycles. The summed E-state index contributed by atoms with van der Waals surface area (Å²) in [6, 6.07) is 5.38. The zero-order valence-corrected chi connectivity index (χ0v) is 11.7. The van der Waals surface area contributed by atoms with Crippen LogP contribution in [0.1, 0.15) is 19.3 Å². The Balaban J connectivity index is 2.04. The van der Waals surface area contributed by atoms with Gasteiger partial charge in [0.1, 0.15) is 0 Å². The maximum atomic E-state index is 12.0. The summed E-state index contributed by atoms with van der Waals surface area (Å²) in [5.74, 6) is 0. The molecule has 1 aliphatic rings. The third-order valence-corrected chi connectivity index (χ3v) is 4.23. The highest BCUT2D eigenvalue weighted by Crippen LogP contribution is 2.30. The van der Waals surface area contributed by atoms with Gasteiger partial charge in [0.2, 0.25) is 0 Å². The Morgan fingerprint density at radius 1 is 1.29 bits per heavy atom. The van der Waals surface area contributed by atoms with Crippen LogP contribution in [0.25, 0.3) is 0 Å². The van der Waals surface area contributed by atoms with Crippen LogP contribution in [0.5, 0.6) is 0 Å². The predicted molar refractivity (Wildman–Crippen MR) is 73.6 cm³/mol. The number of anilines is 1. The lowest BCUT2D eigenvalue weighted by Crippen LogP contribution is -2.38. The van der Waals surface area contributed by atoms with Crippen molar-refractivity contribution >= 4 is 39.2 Å². The zero-order valence-electron chi connectivity index (χ0n) is 9.38. The molecule has 2 amide bonds. The van der Waals surface area contributed by atoms with Crippen molar-refractivity contribution in [2.45, 2.75) is 19.3 Å². The third kappa shape index (κ3) is 3.13. The average Bonchev–Trinajstić information content (AvgIpc) is 2.36. The van der Waals surface area contributed by atoms with Gasteiger partial charge in [-0.2, -0.15) is 0 Å². The molecule has 3 nitrogen and oxygen atoms in total. The van der Waals surface area contributed by atoms with Gasteiger partial charge in [0.05, 0.1) is 15.2 Å². The van der Waals surface area contributed by atoms with Crippen molar-refractivity contribution in [3.63, 3.8) is 0 Å². The van der Waals surface area contributed by atoms with E-state index in [1.54, 1.807) is 6.07 Å². The van der Waals surface area contributed by atoms with Gasteiger partial charge in [-0.3, -0.25) is 0 Å². The summed E-state index contributed by atoms with van der Waals surface area (Å²) in [4.78, 5) is 13.8. The van der Waals surface area contributed by atoms with E-state index in [2.05, 4.69) is 21.2 Å². The lowest BCUT2D eigenvalue weighted by Gasteiger charge is -2.27. The van der Waals surface area contributed by atoms with Crippen molar-refractivity contribution in [2.75, 3.05) is 18.4 Å². The molecule has 5 heteroatoms. The van der Waals surface area contributed by atoms with E-state index in [1.807, 2.05) is 17.0 Å². The van der Waals surface area contributed by atoms with E-state index in [9.17, 15) is 4.79 Å². The quantitative estimate of drug-likeness (QED) is 0.830. The Kier molecular flexibility index (Phi) is 4.29. The second-order valence-electron chi connectivity index (χ2n) is 4.08. The van der Waals surface area contributed by atoms with Crippen LogP contribution < -0.4 is 5.32 Å². The van der Waals surface area contributed by atoms with Crippen molar-refractivity contribution < 1.29 is 4.79 Å². The van der Waals surface area contributed by atoms with E-state index < -0.39 is 0 Å². The largest absolute Gasteiger partial charge is 0.325 e. The van der Waals surface area contributed by atoms with Crippen molar-refractivity contribution in [1.29, 1.82) is 0 Å². The van der Waals surface area contributed by atoms with Crippen molar-refractivity contribution in [1.82, 2.24) is 4.90 Å². The van der Waals surface area contributed by atoms with Crippen molar-refractivity contribution in [3.8, 4) is 0 Å². The summed E-state index contributed by atoms with van der Waals surface area (Å²) in [6.45, 7) is 1.67. The van der Waals surface area contributed by atoms with Crippen LogP contribution >= 0.6 is 27.5 Å². The molecule has 0 bridgehead atoms. The Morgan fingerprint density at radius 3 is 2.71 bits per heavy atom. The van der Waals surface area contributed by atoms with Crippen LogP contribution in [0.4, 0.5) is 10.5 Å². The van der Waals surface area contributed by atoms with Gasteiger partial charge < -0.3 is 10.2 Å². The first-order valence-corrected chi connectivity index (χ1v) is 6.85. The van der Waals surface area contributed by atoms with Gasteiger partial charge in [-0.1, -0.05) is 17.7 Å². The number of nitrogens with one attached hydrogen (secondary N) is 1. The van der Waals surface area contributed by atoms with E-state index >= 15 is 0 Å². The molecule has 1 aromatic rings. The molecular weight excluding hydrogens is 304 g/mol. The predicted octanol–water partition coefficient (Wildman–Crippen LogP) is 4.12. The molecular formula is C12H14BrClN2O. The highest BCUT2D eigenvalue weighted by molar-refractivity contribution is 9.10. The van der Waals surface area contributed by atoms with Gasteiger partial charge in [-0.25, -0.2) is 4.79 Å². The molecule has 92 valence electrons. The summed E-state index contributed by atoms with van der Waals surface area (Å²) in [7, 11) is 0. The minimum atomic E-state index is -0.0485. The van der Waals surface area contributed by atoms with Gasteiger partial charge in [-0.05, 0) is 47.3 Å². The van der Waals surface area contributed by atoms with E-state index in [1.165, 1.54) is 6.42 Å². The number of likely N-dealkylation sites (tertiary alicyclic amines) is 1. The maximum Gasteiger partial charge on any atom is 0.321 e. The molecule has 17 heavy (non-hydrogen) atoms. The SMILES string of the molecule is O=C(Nc1cccc(Cl)c1Br)N1CCCCC1. The Labute approximate surface area is 114 Å². The summed E-state index contributed by atoms with van der Waals surface area (Å²) in [5.41, 5.74) is 0.716. The molecule has 0 aromatic heterocycles. The second-order valence-corrected chi connectivity index (χ2v) is 5.28. The molecule has 0 radical (unpaired) electrons. The van der Waals surface area contributed by atoms with E-state index in [0.717, 1.165) is 30.4 Å². The third-order valence-electron chi connectivity index (χ3n) is 2.84. The summed E-state index contributed by atoms with van der Waals surface area (Å²) in [5, 5.41) is 3.47. The number of piperidine rings is 1. The average molecular weight is 318 g/mol. The number of carbonyl (C=O) groups is 1. The topological polar surface area (TPSA) is 32.3 Å². The van der Waals surface area contributed by atoms with Crippen LogP contribution in [-0.2, 0) is 0 Å². The first-order valence-electron chi connectivity index (χ1n) is 5.68. The van der Waals surface area contributed by atoms with Crippen LogP contribution in [0, 0.1) is 0 Å². The zero-order chi connectivity index (χ0) is 12.3. The summed E-state index contributed by atoms with van der Waals surface area (Å²) in [6.07, 6.45) is 3.39. The van der Waals surface area contributed by atoms with Gasteiger partial charge in [0.15, 0.2) is 0 Å². The van der Waals surface area contributed by atoms with E-state index in [4.69, 9.17) is 11.6 Å². The monoisotopic (exact) mass is 316 g/mol. The molecule has 1 aromatic carbocycles. The number of hydrogen-bond donors (Lipinski definition) is 1. The molecule has 1 heterocycles. The number of hydrogen-bond acceptors (Lipinski definition) is 1. The lowest BCUT2D eigenvalue weighted by molar-refractivity contribution is 0.200. The van der Waals surface area contributed by atoms with Crippen molar-refractivity contribution in [2.24, 2.45) is 0 Å². The maximum absolute atomic E-state index is 12.0. The highest BCUT2D eigenvalue weighted by atomic mass is 79.9. The number of amides is 2. The molecule has 0 atom stereocenters. The number of nitrogens with zero attached hydrogens (tertiary/aromatic N) is 1. The molecule has 2 rings (SSSR count). The molecule has 0 spiro atoms. The molecule has 0 unspecified atom stereocenters. The summed E-state index contributed by atoms with van der Waals surface area (Å²) >= 11 is 9.34. The minimum absolute atomic E-state index is 0.0485. The van der Waals surface area contributed by atoms with Crippen molar-refractivity contribution in [3.05, 3.63) is 27.7 Å². The number of rotatable bonds is 1. The smallest absolute Gasteiger partial charge is 0.321 e. The Hall–Kier alpha value is -0.740. The lowest BCUT2D eigenvalue weighted by atomic mass is 10.1. The number of urea groups is 1. The normalized spacial score (nSPS) is 15.8. The van der Waals surface area contributed by atoms with Crippen LogP contribution in [-0.4, -0.2) is 24.0 Å². The highest BCUT2D eigenvalue weighted by Gasteiger charge is 2.17. The molecule has 0 saturated carbocycles. The first kappa shape index (κ1) is 12.7. The fourth-order valence-electron chi connectivity index (χ4n) is 1.89. The van der Waals surface area contributed by atoms with Crippen LogP contribution in [0.3, 0.4) is 0 Å². The van der Waals surface area contributed by atoms with Gasteiger partial charge in [0, 0.05) is 13.1 Å². The Bertz CT molecular complexity index is 419. The fraction of sp³-hybridized carbons (Fsp3) is 0.417. The van der Waals surface area contributed by atoms with E-state index in [0.29, 0.717) is 10.7 Å².